The molecule has 24 heavy (non-hydrogen) atoms. The quantitative estimate of drug-likeness (QED) is 0.564. The fourth-order valence-electron chi connectivity index (χ4n) is 2.97. The van der Waals surface area contributed by atoms with Crippen molar-refractivity contribution in [1.29, 1.82) is 0 Å². The van der Waals surface area contributed by atoms with E-state index in [4.69, 9.17) is 0 Å². The first-order valence-corrected chi connectivity index (χ1v) is 10.5. The number of aliphatic hydroxyl groups is 1. The summed E-state index contributed by atoms with van der Waals surface area (Å²) in [5, 5.41) is 21.7. The van der Waals surface area contributed by atoms with Crippen molar-refractivity contribution in [2.45, 2.75) is 36.9 Å². The third kappa shape index (κ3) is 4.21. The molecule has 0 bridgehead atoms. The number of fused-ring (bicyclic) bond motifs is 1. The number of carbonyl (C=O) groups is 1. The van der Waals surface area contributed by atoms with Gasteiger partial charge in [0.2, 0.25) is 0 Å². The molecule has 3 atom stereocenters. The van der Waals surface area contributed by atoms with Crippen LogP contribution in [0.2, 0.25) is 0 Å². The van der Waals surface area contributed by atoms with Crippen LogP contribution in [0.5, 0.6) is 0 Å². The zero-order valence-corrected chi connectivity index (χ0v) is 15.8. The highest BCUT2D eigenvalue weighted by Gasteiger charge is 2.44. The lowest BCUT2D eigenvalue weighted by Gasteiger charge is -2.31. The Morgan fingerprint density at radius 2 is 1.83 bits per heavy atom. The van der Waals surface area contributed by atoms with Crippen LogP contribution in [0.4, 0.5) is 0 Å². The topological polar surface area (TPSA) is 74.6 Å². The molecule has 3 unspecified atom stereocenters. The first kappa shape index (κ1) is 19.0. The maximum Gasteiger partial charge on any atom is 0.336 e. The minimum atomic E-state index is -2.30. The Morgan fingerprint density at radius 1 is 1.21 bits per heavy atom. The van der Waals surface area contributed by atoms with Crippen LogP contribution in [0.15, 0.2) is 47.4 Å². The minimum absolute atomic E-state index is 0.181. The minimum Gasteiger partial charge on any atom is -0.479 e. The van der Waals surface area contributed by atoms with Crippen molar-refractivity contribution in [2.75, 3.05) is 5.49 Å². The zero-order valence-electron chi connectivity index (χ0n) is 14.0. The molecule has 0 heterocycles. The van der Waals surface area contributed by atoms with E-state index in [0.717, 1.165) is 15.7 Å². The fourth-order valence-corrected chi connectivity index (χ4v) is 6.79. The summed E-state index contributed by atoms with van der Waals surface area (Å²) < 4.78 is 12.7. The highest BCUT2D eigenvalue weighted by molar-refractivity contribution is 8.03. The van der Waals surface area contributed by atoms with E-state index in [1.165, 1.54) is 18.7 Å². The largest absolute Gasteiger partial charge is 0.479 e. The predicted octanol–water partition coefficient (Wildman–Crippen LogP) is 4.31. The molecule has 2 rings (SSSR count). The second-order valence-electron chi connectivity index (χ2n) is 6.44. The highest BCUT2D eigenvalue weighted by Crippen LogP contribution is 2.44. The molecule has 0 aliphatic heterocycles. The van der Waals surface area contributed by atoms with Crippen molar-refractivity contribution >= 4 is 36.3 Å². The van der Waals surface area contributed by atoms with Gasteiger partial charge in [0.25, 0.3) is 0 Å². The van der Waals surface area contributed by atoms with Crippen LogP contribution in [-0.2, 0) is 9.36 Å². The Morgan fingerprint density at radius 3 is 2.42 bits per heavy atom. The molecule has 130 valence electrons. The summed E-state index contributed by atoms with van der Waals surface area (Å²) in [7, 11) is -2.30. The first-order chi connectivity index (χ1) is 11.2. The standard InChI is InChI=1S/C18H23O4PS/c1-12(2)16(18(3,21)17(19)20)23(22)11-24-15-9-8-13-6-4-5-7-14(13)10-15/h4-10,12,16,21,23H,11H2,1-3H3,(H,19,20). The number of aliphatic carboxylic acids is 1. The van der Waals surface area contributed by atoms with E-state index in [0.29, 0.717) is 5.49 Å². The Kier molecular flexibility index (Phi) is 6.13. The molecular weight excluding hydrogens is 343 g/mol. The molecule has 0 saturated heterocycles. The Labute approximate surface area is 147 Å². The summed E-state index contributed by atoms with van der Waals surface area (Å²) in [5.74, 6) is -1.50. The molecule has 0 spiro atoms. The summed E-state index contributed by atoms with van der Waals surface area (Å²) >= 11 is 1.45. The SMILES string of the molecule is CC(C)C([PH](=O)CSc1ccc2ccccc2c1)C(C)(O)C(=O)O. The normalized spacial score (nSPS) is 16.7. The lowest BCUT2D eigenvalue weighted by Crippen LogP contribution is -2.47. The summed E-state index contributed by atoms with van der Waals surface area (Å²) in [4.78, 5) is 12.3. The second kappa shape index (κ2) is 7.73. The number of carboxylic acid groups (broad SMARTS) is 1. The lowest BCUT2D eigenvalue weighted by atomic mass is 9.94. The Hall–Kier alpha value is -1.29. The maximum atomic E-state index is 12.7. The number of thioether (sulfide) groups is 1. The molecule has 0 aromatic heterocycles. The van der Waals surface area contributed by atoms with Crippen LogP contribution < -0.4 is 0 Å². The van der Waals surface area contributed by atoms with E-state index in [2.05, 4.69) is 0 Å². The molecular formula is C18H23O4PS. The van der Waals surface area contributed by atoms with Gasteiger partial charge in [-0.05, 0) is 35.7 Å². The van der Waals surface area contributed by atoms with Crippen LogP contribution >= 0.6 is 19.6 Å². The Bertz CT molecular complexity index is 758. The van der Waals surface area contributed by atoms with Gasteiger partial charge in [0, 0.05) is 10.4 Å². The summed E-state index contributed by atoms with van der Waals surface area (Å²) in [6, 6.07) is 14.0. The van der Waals surface area contributed by atoms with Crippen LogP contribution in [0.25, 0.3) is 10.8 Å². The van der Waals surface area contributed by atoms with Crippen LogP contribution in [0, 0.1) is 5.92 Å². The predicted molar refractivity (Wildman–Crippen MR) is 101 cm³/mol. The molecule has 2 aromatic carbocycles. The van der Waals surface area contributed by atoms with Gasteiger partial charge in [-0.3, -0.25) is 0 Å². The number of benzene rings is 2. The average molecular weight is 366 g/mol. The zero-order chi connectivity index (χ0) is 17.9. The van der Waals surface area contributed by atoms with Crippen molar-refractivity contribution in [2.24, 2.45) is 5.92 Å². The van der Waals surface area contributed by atoms with E-state index in [1.54, 1.807) is 13.8 Å². The van der Waals surface area contributed by atoms with Crippen LogP contribution in [0.1, 0.15) is 20.8 Å². The molecule has 0 amide bonds. The van der Waals surface area contributed by atoms with Crippen molar-refractivity contribution in [1.82, 2.24) is 0 Å². The maximum absolute atomic E-state index is 12.7. The second-order valence-corrected chi connectivity index (χ2v) is 9.91. The number of hydrogen-bond acceptors (Lipinski definition) is 4. The van der Waals surface area contributed by atoms with E-state index < -0.39 is 25.0 Å². The van der Waals surface area contributed by atoms with Crippen molar-refractivity contribution in [3.8, 4) is 0 Å². The summed E-state index contributed by atoms with van der Waals surface area (Å²) in [5.41, 5.74) is -2.42. The van der Waals surface area contributed by atoms with Crippen molar-refractivity contribution in [3.63, 3.8) is 0 Å². The molecule has 2 aromatic rings. The molecule has 6 heteroatoms. The van der Waals surface area contributed by atoms with E-state index in [9.17, 15) is 19.6 Å². The van der Waals surface area contributed by atoms with Gasteiger partial charge in [0.1, 0.15) is 0 Å². The molecule has 4 nitrogen and oxygen atoms in total. The van der Waals surface area contributed by atoms with Gasteiger partial charge in [-0.1, -0.05) is 44.2 Å². The van der Waals surface area contributed by atoms with Gasteiger partial charge < -0.3 is 14.8 Å². The van der Waals surface area contributed by atoms with Gasteiger partial charge >= 0.3 is 5.97 Å². The molecule has 2 N–H and O–H groups in total. The number of hydrogen-bond donors (Lipinski definition) is 2. The Balaban J connectivity index is 2.13. The third-order valence-electron chi connectivity index (χ3n) is 4.15. The molecule has 0 fully saturated rings. The number of rotatable bonds is 7. The van der Waals surface area contributed by atoms with E-state index >= 15 is 0 Å². The molecule has 0 aliphatic carbocycles. The third-order valence-corrected chi connectivity index (χ3v) is 8.38. The summed E-state index contributed by atoms with van der Waals surface area (Å²) in [6.07, 6.45) is 0. The van der Waals surface area contributed by atoms with E-state index in [-0.39, 0.29) is 5.92 Å². The van der Waals surface area contributed by atoms with Crippen molar-refractivity contribution in [3.05, 3.63) is 42.5 Å². The fraction of sp³-hybridized carbons (Fsp3) is 0.389. The van der Waals surface area contributed by atoms with Gasteiger partial charge in [0.05, 0.1) is 13.5 Å². The van der Waals surface area contributed by atoms with Crippen LogP contribution in [-0.4, -0.2) is 32.9 Å². The highest BCUT2D eigenvalue weighted by atomic mass is 32.2. The molecule has 0 saturated carbocycles. The summed E-state index contributed by atoms with van der Waals surface area (Å²) in [6.45, 7) is 4.83. The van der Waals surface area contributed by atoms with Gasteiger partial charge in [-0.2, -0.15) is 0 Å². The monoisotopic (exact) mass is 366 g/mol. The van der Waals surface area contributed by atoms with Gasteiger partial charge in [-0.25, -0.2) is 4.79 Å². The molecule has 0 aliphatic rings. The van der Waals surface area contributed by atoms with Crippen LogP contribution in [0.3, 0.4) is 0 Å². The van der Waals surface area contributed by atoms with E-state index in [1.807, 2.05) is 42.5 Å². The van der Waals surface area contributed by atoms with Gasteiger partial charge in [0.15, 0.2) is 5.60 Å². The van der Waals surface area contributed by atoms with Crippen molar-refractivity contribution < 1.29 is 19.6 Å². The number of carboxylic acids is 1. The van der Waals surface area contributed by atoms with Gasteiger partial charge in [-0.15, -0.1) is 11.8 Å². The smallest absolute Gasteiger partial charge is 0.336 e. The average Bonchev–Trinajstić information content (AvgIpc) is 2.52. The lowest BCUT2D eigenvalue weighted by molar-refractivity contribution is -0.157. The first-order valence-electron chi connectivity index (χ1n) is 7.83. The molecule has 0 radical (unpaired) electrons.